The minimum Gasteiger partial charge on any atom is -0.402 e. The molecule has 3 atom stereocenters. The maximum Gasteiger partial charge on any atom is 0.0335 e. The molecule has 3 N–H and O–H groups in total. The van der Waals surface area contributed by atoms with Crippen LogP contribution in [0.25, 0.3) is 0 Å². The highest BCUT2D eigenvalue weighted by Crippen LogP contribution is 2.17. The molecule has 1 heterocycles. The van der Waals surface area contributed by atoms with Crippen molar-refractivity contribution < 1.29 is 0 Å². The third-order valence-electron chi connectivity index (χ3n) is 2.36. The number of rotatable bonds is 1. The van der Waals surface area contributed by atoms with Crippen molar-refractivity contribution in [2.24, 2.45) is 11.7 Å². The normalized spacial score (nSPS) is 36.9. The van der Waals surface area contributed by atoms with E-state index in [1.165, 1.54) is 0 Å². The van der Waals surface area contributed by atoms with Crippen molar-refractivity contribution in [3.05, 3.63) is 23.9 Å². The molecule has 2 heteroatoms. The summed E-state index contributed by atoms with van der Waals surface area (Å²) in [7, 11) is 0. The van der Waals surface area contributed by atoms with Gasteiger partial charge in [0.25, 0.3) is 0 Å². The Morgan fingerprint density at radius 3 is 2.75 bits per heavy atom. The van der Waals surface area contributed by atoms with Gasteiger partial charge in [0.15, 0.2) is 0 Å². The summed E-state index contributed by atoms with van der Waals surface area (Å²) in [6.07, 6.45) is 6.32. The molecule has 1 rings (SSSR count). The second-order valence-electron chi connectivity index (χ2n) is 3.46. The third kappa shape index (κ3) is 1.89. The van der Waals surface area contributed by atoms with Crippen LogP contribution in [0.3, 0.4) is 0 Å². The SMILES string of the molecule is C/C=C\C1NC(C)C=C(N)C1C. The van der Waals surface area contributed by atoms with Crippen LogP contribution in [0.15, 0.2) is 23.9 Å². The first kappa shape index (κ1) is 9.33. The smallest absolute Gasteiger partial charge is 0.0335 e. The van der Waals surface area contributed by atoms with Crippen molar-refractivity contribution in [2.75, 3.05) is 0 Å². The van der Waals surface area contributed by atoms with Crippen molar-refractivity contribution in [3.63, 3.8) is 0 Å². The Hall–Kier alpha value is -0.760. The van der Waals surface area contributed by atoms with Crippen LogP contribution >= 0.6 is 0 Å². The Balaban J connectivity index is 2.74. The molecule has 1 aliphatic rings. The van der Waals surface area contributed by atoms with E-state index in [0.29, 0.717) is 18.0 Å². The first-order valence-corrected chi connectivity index (χ1v) is 4.51. The van der Waals surface area contributed by atoms with Crippen LogP contribution in [-0.2, 0) is 0 Å². The Morgan fingerprint density at radius 2 is 2.17 bits per heavy atom. The Morgan fingerprint density at radius 1 is 1.50 bits per heavy atom. The molecule has 0 radical (unpaired) electrons. The number of nitrogens with one attached hydrogen (secondary N) is 1. The highest BCUT2D eigenvalue weighted by molar-refractivity contribution is 5.16. The highest BCUT2D eigenvalue weighted by Gasteiger charge is 2.22. The van der Waals surface area contributed by atoms with E-state index in [-0.39, 0.29) is 0 Å². The van der Waals surface area contributed by atoms with Crippen LogP contribution in [0.5, 0.6) is 0 Å². The van der Waals surface area contributed by atoms with Gasteiger partial charge in [0.2, 0.25) is 0 Å². The third-order valence-corrected chi connectivity index (χ3v) is 2.36. The molecule has 0 saturated heterocycles. The lowest BCUT2D eigenvalue weighted by Gasteiger charge is -2.30. The minimum atomic E-state index is 0.391. The van der Waals surface area contributed by atoms with Gasteiger partial charge in [-0.2, -0.15) is 0 Å². The molecule has 0 bridgehead atoms. The van der Waals surface area contributed by atoms with Gasteiger partial charge in [-0.3, -0.25) is 0 Å². The molecular formula is C10H18N2. The standard InChI is InChI=1S/C10H18N2/c1-4-5-10-8(3)9(11)6-7(2)12-10/h4-8,10,12H,11H2,1-3H3/b5-4-. The predicted octanol–water partition coefficient (Wildman–Crippen LogP) is 1.40. The quantitative estimate of drug-likeness (QED) is 0.578. The van der Waals surface area contributed by atoms with Crippen LogP contribution < -0.4 is 11.1 Å². The largest absolute Gasteiger partial charge is 0.402 e. The summed E-state index contributed by atoms with van der Waals surface area (Å²) in [5.74, 6) is 0.414. The van der Waals surface area contributed by atoms with E-state index in [0.717, 1.165) is 5.70 Å². The van der Waals surface area contributed by atoms with Gasteiger partial charge < -0.3 is 11.1 Å². The lowest BCUT2D eigenvalue weighted by molar-refractivity contribution is 0.427. The number of allylic oxidation sites excluding steroid dienone is 1. The summed E-state index contributed by atoms with van der Waals surface area (Å²) >= 11 is 0. The summed E-state index contributed by atoms with van der Waals surface area (Å²) in [6.45, 7) is 6.30. The minimum absolute atomic E-state index is 0.391. The summed E-state index contributed by atoms with van der Waals surface area (Å²) < 4.78 is 0. The molecule has 3 unspecified atom stereocenters. The van der Waals surface area contributed by atoms with E-state index in [1.54, 1.807) is 0 Å². The Kier molecular flexibility index (Phi) is 2.93. The molecule has 0 fully saturated rings. The van der Waals surface area contributed by atoms with Gasteiger partial charge in [0.1, 0.15) is 0 Å². The molecule has 12 heavy (non-hydrogen) atoms. The van der Waals surface area contributed by atoms with E-state index in [9.17, 15) is 0 Å². The van der Waals surface area contributed by atoms with Crippen molar-refractivity contribution in [1.29, 1.82) is 0 Å². The summed E-state index contributed by atoms with van der Waals surface area (Å²) in [4.78, 5) is 0. The van der Waals surface area contributed by atoms with Gasteiger partial charge in [-0.15, -0.1) is 0 Å². The topological polar surface area (TPSA) is 38.0 Å². The van der Waals surface area contributed by atoms with Crippen LogP contribution in [0, 0.1) is 5.92 Å². The lowest BCUT2D eigenvalue weighted by atomic mass is 9.92. The van der Waals surface area contributed by atoms with E-state index in [1.807, 2.05) is 6.92 Å². The number of nitrogens with two attached hydrogens (primary N) is 1. The molecule has 0 aromatic heterocycles. The maximum atomic E-state index is 5.88. The van der Waals surface area contributed by atoms with Gasteiger partial charge in [0, 0.05) is 23.7 Å². The molecule has 1 aliphatic heterocycles. The van der Waals surface area contributed by atoms with E-state index >= 15 is 0 Å². The van der Waals surface area contributed by atoms with Crippen LogP contribution in [0.1, 0.15) is 20.8 Å². The predicted molar refractivity (Wildman–Crippen MR) is 52.6 cm³/mol. The summed E-state index contributed by atoms with van der Waals surface area (Å²) in [5.41, 5.74) is 6.88. The fourth-order valence-corrected chi connectivity index (χ4v) is 1.57. The molecule has 0 amide bonds. The zero-order chi connectivity index (χ0) is 9.14. The molecule has 0 aliphatic carbocycles. The molecule has 0 aromatic carbocycles. The van der Waals surface area contributed by atoms with Gasteiger partial charge >= 0.3 is 0 Å². The van der Waals surface area contributed by atoms with Gasteiger partial charge in [-0.25, -0.2) is 0 Å². The van der Waals surface area contributed by atoms with Crippen molar-refractivity contribution in [3.8, 4) is 0 Å². The lowest BCUT2D eigenvalue weighted by Crippen LogP contribution is -2.44. The average molecular weight is 166 g/mol. The van der Waals surface area contributed by atoms with Crippen molar-refractivity contribution >= 4 is 0 Å². The molecule has 2 nitrogen and oxygen atoms in total. The summed E-state index contributed by atoms with van der Waals surface area (Å²) in [6, 6.07) is 0.789. The zero-order valence-electron chi connectivity index (χ0n) is 8.04. The van der Waals surface area contributed by atoms with Gasteiger partial charge in [0.05, 0.1) is 0 Å². The number of hydrogen-bond donors (Lipinski definition) is 2. The monoisotopic (exact) mass is 166 g/mol. The molecular weight excluding hydrogens is 148 g/mol. The van der Waals surface area contributed by atoms with E-state index in [4.69, 9.17) is 5.73 Å². The molecule has 0 spiro atoms. The average Bonchev–Trinajstić information content (AvgIpc) is 2.00. The zero-order valence-corrected chi connectivity index (χ0v) is 8.04. The van der Waals surface area contributed by atoms with E-state index < -0.39 is 0 Å². The van der Waals surface area contributed by atoms with Gasteiger partial charge in [-0.05, 0) is 19.9 Å². The van der Waals surface area contributed by atoms with Crippen LogP contribution in [-0.4, -0.2) is 12.1 Å². The first-order chi connectivity index (χ1) is 5.65. The van der Waals surface area contributed by atoms with Gasteiger partial charge in [-0.1, -0.05) is 19.1 Å². The second kappa shape index (κ2) is 3.76. The second-order valence-corrected chi connectivity index (χ2v) is 3.46. The maximum absolute atomic E-state index is 5.88. The summed E-state index contributed by atoms with van der Waals surface area (Å²) in [5, 5.41) is 3.45. The van der Waals surface area contributed by atoms with Crippen molar-refractivity contribution in [1.82, 2.24) is 5.32 Å². The van der Waals surface area contributed by atoms with Crippen LogP contribution in [0.2, 0.25) is 0 Å². The highest BCUT2D eigenvalue weighted by atomic mass is 15.0. The molecule has 0 aromatic rings. The van der Waals surface area contributed by atoms with Crippen molar-refractivity contribution in [2.45, 2.75) is 32.9 Å². The van der Waals surface area contributed by atoms with Crippen LogP contribution in [0.4, 0.5) is 0 Å². The number of hydrogen-bond acceptors (Lipinski definition) is 2. The first-order valence-electron chi connectivity index (χ1n) is 4.51. The fourth-order valence-electron chi connectivity index (χ4n) is 1.57. The molecule has 68 valence electrons. The molecule has 0 saturated carbocycles. The Bertz CT molecular complexity index is 206. The Labute approximate surface area is 74.5 Å². The fraction of sp³-hybridized carbons (Fsp3) is 0.600. The van der Waals surface area contributed by atoms with E-state index in [2.05, 4.69) is 37.4 Å².